The molecule has 0 saturated heterocycles. The van der Waals surface area contributed by atoms with Crippen molar-refractivity contribution in [1.29, 1.82) is 0 Å². The van der Waals surface area contributed by atoms with Gasteiger partial charge in [-0.15, -0.1) is 6.42 Å². The Hall–Kier alpha value is -2.76. The van der Waals surface area contributed by atoms with Gasteiger partial charge < -0.3 is 4.98 Å². The van der Waals surface area contributed by atoms with E-state index >= 15 is 0 Å². The average molecular weight is 374 g/mol. The Morgan fingerprint density at radius 2 is 1.72 bits per heavy atom. The largest absolute Gasteiger partial charge is 0.360 e. The summed E-state index contributed by atoms with van der Waals surface area (Å²) in [5.41, 5.74) is 1.44. The molecule has 8 heteroatoms. The molecule has 0 spiro atoms. The Morgan fingerprint density at radius 3 is 2.32 bits per heavy atom. The van der Waals surface area contributed by atoms with Gasteiger partial charge in [0, 0.05) is 34.6 Å². The Kier molecular flexibility index (Phi) is 4.06. The number of aromatic amines is 1. The van der Waals surface area contributed by atoms with Crippen molar-refractivity contribution in [3.05, 3.63) is 54.2 Å². The Balaban J connectivity index is 2.01. The van der Waals surface area contributed by atoms with Crippen LogP contribution in [0.1, 0.15) is 5.56 Å². The molecular weight excluding hydrogens is 360 g/mol. The van der Waals surface area contributed by atoms with E-state index in [1.165, 1.54) is 24.4 Å². The van der Waals surface area contributed by atoms with E-state index in [4.69, 9.17) is 6.42 Å². The molecule has 0 unspecified atom stereocenters. The summed E-state index contributed by atoms with van der Waals surface area (Å²) >= 11 is 0. The van der Waals surface area contributed by atoms with Crippen LogP contribution in [-0.4, -0.2) is 28.1 Å². The van der Waals surface area contributed by atoms with Crippen LogP contribution >= 0.6 is 0 Å². The SMILES string of the molecule is C#Cc1ccc(NS(=O)(=O)c2c[nH]c3cc(S(C)(=O)=O)ccc23)cc1. The summed E-state index contributed by atoms with van der Waals surface area (Å²) in [6.07, 6.45) is 7.70. The summed E-state index contributed by atoms with van der Waals surface area (Å²) in [4.78, 5) is 2.95. The van der Waals surface area contributed by atoms with Crippen LogP contribution in [0.5, 0.6) is 0 Å². The number of hydrogen-bond acceptors (Lipinski definition) is 4. The zero-order valence-corrected chi connectivity index (χ0v) is 14.8. The molecule has 0 aliphatic carbocycles. The Labute approximate surface area is 145 Å². The molecule has 3 aromatic rings. The van der Waals surface area contributed by atoms with Crippen LogP contribution < -0.4 is 4.72 Å². The van der Waals surface area contributed by atoms with Gasteiger partial charge in [-0.25, -0.2) is 16.8 Å². The molecule has 0 aliphatic rings. The first-order valence-electron chi connectivity index (χ1n) is 7.11. The molecule has 0 aliphatic heterocycles. The van der Waals surface area contributed by atoms with Gasteiger partial charge in [0.15, 0.2) is 9.84 Å². The second-order valence-corrected chi connectivity index (χ2v) is 9.13. The zero-order valence-electron chi connectivity index (χ0n) is 13.1. The molecule has 3 rings (SSSR count). The molecule has 1 heterocycles. The van der Waals surface area contributed by atoms with E-state index in [2.05, 4.69) is 15.6 Å². The lowest BCUT2D eigenvalue weighted by atomic mass is 10.2. The average Bonchev–Trinajstić information content (AvgIpc) is 2.98. The molecule has 0 amide bonds. The molecule has 128 valence electrons. The minimum Gasteiger partial charge on any atom is -0.360 e. The van der Waals surface area contributed by atoms with Crippen LogP contribution in [0, 0.1) is 12.3 Å². The van der Waals surface area contributed by atoms with Crippen molar-refractivity contribution < 1.29 is 16.8 Å². The molecule has 6 nitrogen and oxygen atoms in total. The maximum atomic E-state index is 12.6. The Morgan fingerprint density at radius 1 is 1.04 bits per heavy atom. The molecule has 0 radical (unpaired) electrons. The molecular formula is C17H14N2O4S2. The van der Waals surface area contributed by atoms with Crippen LogP contribution in [-0.2, 0) is 19.9 Å². The second-order valence-electron chi connectivity index (χ2n) is 5.46. The van der Waals surface area contributed by atoms with Gasteiger partial charge in [0.2, 0.25) is 0 Å². The minimum atomic E-state index is -3.85. The number of rotatable bonds is 4. The summed E-state index contributed by atoms with van der Waals surface area (Å²) in [5.74, 6) is 2.45. The van der Waals surface area contributed by atoms with E-state index in [-0.39, 0.29) is 9.79 Å². The topological polar surface area (TPSA) is 96.1 Å². The second kappa shape index (κ2) is 5.95. The fourth-order valence-electron chi connectivity index (χ4n) is 2.38. The maximum absolute atomic E-state index is 12.6. The standard InChI is InChI=1S/C17H14N2O4S2/c1-3-12-4-6-13(7-5-12)19-25(22,23)17-11-18-16-10-14(24(2,20)21)8-9-15(16)17/h1,4-11,18-19H,2H3. The third kappa shape index (κ3) is 3.38. The van der Waals surface area contributed by atoms with E-state index in [1.807, 2.05) is 0 Å². The van der Waals surface area contributed by atoms with Gasteiger partial charge in [0.05, 0.1) is 4.90 Å². The lowest BCUT2D eigenvalue weighted by Crippen LogP contribution is -2.12. The lowest BCUT2D eigenvalue weighted by Gasteiger charge is -2.07. The molecule has 0 bridgehead atoms. The van der Waals surface area contributed by atoms with Gasteiger partial charge in [-0.3, -0.25) is 4.72 Å². The molecule has 1 aromatic heterocycles. The number of terminal acetylenes is 1. The number of anilines is 1. The van der Waals surface area contributed by atoms with Crippen LogP contribution in [0.2, 0.25) is 0 Å². The van der Waals surface area contributed by atoms with E-state index < -0.39 is 19.9 Å². The highest BCUT2D eigenvalue weighted by Gasteiger charge is 2.20. The third-order valence-corrected chi connectivity index (χ3v) is 6.17. The highest BCUT2D eigenvalue weighted by Crippen LogP contribution is 2.27. The van der Waals surface area contributed by atoms with E-state index in [0.29, 0.717) is 22.2 Å². The number of aromatic nitrogens is 1. The molecule has 25 heavy (non-hydrogen) atoms. The van der Waals surface area contributed by atoms with Gasteiger partial charge in [0.1, 0.15) is 4.90 Å². The smallest absolute Gasteiger partial charge is 0.264 e. The van der Waals surface area contributed by atoms with Crippen LogP contribution in [0.15, 0.2) is 58.5 Å². The maximum Gasteiger partial charge on any atom is 0.264 e. The monoisotopic (exact) mass is 374 g/mol. The summed E-state index contributed by atoms with van der Waals surface area (Å²) < 4.78 is 51.0. The highest BCUT2D eigenvalue weighted by atomic mass is 32.2. The number of benzene rings is 2. The summed E-state index contributed by atoms with van der Waals surface area (Å²) in [6, 6.07) is 10.7. The van der Waals surface area contributed by atoms with Gasteiger partial charge in [-0.1, -0.05) is 12.0 Å². The van der Waals surface area contributed by atoms with Gasteiger partial charge in [-0.2, -0.15) is 0 Å². The number of H-pyrrole nitrogens is 1. The summed E-state index contributed by atoms with van der Waals surface area (Å²) in [7, 11) is -7.22. The third-order valence-electron chi connectivity index (χ3n) is 3.64. The number of sulfone groups is 1. The predicted octanol–water partition coefficient (Wildman–Crippen LogP) is 2.35. The first-order chi connectivity index (χ1) is 11.7. The van der Waals surface area contributed by atoms with Crippen molar-refractivity contribution in [3.8, 4) is 12.3 Å². The van der Waals surface area contributed by atoms with E-state index in [0.717, 1.165) is 6.26 Å². The van der Waals surface area contributed by atoms with Crippen LogP contribution in [0.4, 0.5) is 5.69 Å². The fraction of sp³-hybridized carbons (Fsp3) is 0.0588. The number of hydrogen-bond donors (Lipinski definition) is 2. The number of sulfonamides is 1. The van der Waals surface area contributed by atoms with Crippen molar-refractivity contribution in [2.45, 2.75) is 9.79 Å². The minimum absolute atomic E-state index is 0.0311. The van der Waals surface area contributed by atoms with Gasteiger partial charge in [0.25, 0.3) is 10.0 Å². The highest BCUT2D eigenvalue weighted by molar-refractivity contribution is 7.93. The van der Waals surface area contributed by atoms with E-state index in [1.54, 1.807) is 24.3 Å². The first kappa shape index (κ1) is 17.1. The first-order valence-corrected chi connectivity index (χ1v) is 10.5. The molecule has 0 atom stereocenters. The van der Waals surface area contributed by atoms with Crippen molar-refractivity contribution in [3.63, 3.8) is 0 Å². The fourth-order valence-corrected chi connectivity index (χ4v) is 4.26. The van der Waals surface area contributed by atoms with Gasteiger partial charge in [-0.05, 0) is 36.4 Å². The normalized spacial score (nSPS) is 12.0. The number of nitrogens with one attached hydrogen (secondary N) is 2. The van der Waals surface area contributed by atoms with Crippen molar-refractivity contribution >= 4 is 36.5 Å². The van der Waals surface area contributed by atoms with Gasteiger partial charge >= 0.3 is 0 Å². The molecule has 2 aromatic carbocycles. The molecule has 0 saturated carbocycles. The van der Waals surface area contributed by atoms with E-state index in [9.17, 15) is 16.8 Å². The summed E-state index contributed by atoms with van der Waals surface area (Å²) in [6.45, 7) is 0. The summed E-state index contributed by atoms with van der Waals surface area (Å²) in [5, 5.41) is 0.403. The van der Waals surface area contributed by atoms with Crippen LogP contribution in [0.3, 0.4) is 0 Å². The Bertz CT molecular complexity index is 1200. The zero-order chi connectivity index (χ0) is 18.2. The quantitative estimate of drug-likeness (QED) is 0.685. The molecule has 0 fully saturated rings. The number of fused-ring (bicyclic) bond motifs is 1. The molecule has 2 N–H and O–H groups in total. The van der Waals surface area contributed by atoms with Crippen molar-refractivity contribution in [1.82, 2.24) is 4.98 Å². The lowest BCUT2D eigenvalue weighted by molar-refractivity contribution is 0.600. The van der Waals surface area contributed by atoms with Crippen LogP contribution in [0.25, 0.3) is 10.9 Å². The van der Waals surface area contributed by atoms with Crippen molar-refractivity contribution in [2.24, 2.45) is 0 Å². The van der Waals surface area contributed by atoms with Crippen molar-refractivity contribution in [2.75, 3.05) is 11.0 Å². The predicted molar refractivity (Wildman–Crippen MR) is 96.6 cm³/mol.